The predicted octanol–water partition coefficient (Wildman–Crippen LogP) is 7.77. The summed E-state index contributed by atoms with van der Waals surface area (Å²) in [7, 11) is 5.36. The van der Waals surface area contributed by atoms with Gasteiger partial charge in [0.05, 0.1) is 44.9 Å². The maximum Gasteiger partial charge on any atom is 0.173 e. The molecule has 7 nitrogen and oxygen atoms in total. The molecule has 0 aliphatic heterocycles. The largest absolute Gasteiger partial charge is 0.494 e. The number of benzene rings is 3. The monoisotopic (exact) mass is 723 g/mol. The number of rotatable bonds is 16. The zero-order valence-corrected chi connectivity index (χ0v) is 29.7. The van der Waals surface area contributed by atoms with Gasteiger partial charge in [-0.3, -0.25) is 4.57 Å². The lowest BCUT2D eigenvalue weighted by atomic mass is 9.71. The van der Waals surface area contributed by atoms with Crippen LogP contribution in [-0.2, 0) is 27.1 Å². The standard InChI is InChI=1S/C36H41F4N3O4S.ClH/c1-36(24-7-12-29(38)33(20-24)44-4)13-5-6-32-34(36)43(26-10-8-25(37)9-11-26)35(41-32)48-23-28-30(39)21-27(22-31(28)40)47-19-18-46-17-16-45-15-14-42(2)3;/h7-12,20-22H,5-6,13-19,23H2,1-4H3;1H. The van der Waals surface area contributed by atoms with E-state index in [1.54, 1.807) is 24.3 Å². The van der Waals surface area contributed by atoms with Crippen molar-refractivity contribution >= 4 is 24.2 Å². The van der Waals surface area contributed by atoms with Crippen LogP contribution in [0.5, 0.6) is 11.5 Å². The molecule has 1 unspecified atom stereocenters. The molecule has 1 heterocycles. The normalized spacial score (nSPS) is 15.6. The second-order valence-corrected chi connectivity index (χ2v) is 13.0. The Morgan fingerprint density at radius 3 is 2.22 bits per heavy atom. The van der Waals surface area contributed by atoms with Crippen LogP contribution in [0.15, 0.2) is 59.8 Å². The summed E-state index contributed by atoms with van der Waals surface area (Å²) < 4.78 is 82.6. The molecule has 0 bridgehead atoms. The number of imidazole rings is 1. The number of halogens is 5. The number of thioether (sulfide) groups is 1. The Hall–Kier alpha value is -3.29. The molecule has 0 N–H and O–H groups in total. The van der Waals surface area contributed by atoms with Gasteiger partial charge in [0.25, 0.3) is 0 Å². The quantitative estimate of drug-likeness (QED) is 0.0666. The van der Waals surface area contributed by atoms with E-state index in [1.807, 2.05) is 23.6 Å². The molecule has 5 rings (SSSR count). The first-order valence-electron chi connectivity index (χ1n) is 15.9. The Morgan fingerprint density at radius 2 is 1.55 bits per heavy atom. The van der Waals surface area contributed by atoms with Crippen LogP contribution in [-0.4, -0.2) is 75.2 Å². The van der Waals surface area contributed by atoms with E-state index >= 15 is 8.78 Å². The fourth-order valence-electron chi connectivity index (χ4n) is 5.85. The van der Waals surface area contributed by atoms with E-state index in [0.717, 1.165) is 36.3 Å². The molecule has 13 heteroatoms. The van der Waals surface area contributed by atoms with Gasteiger partial charge >= 0.3 is 0 Å². The zero-order valence-electron chi connectivity index (χ0n) is 28.1. The number of likely N-dealkylation sites (N-methyl/N-ethyl adjacent to an activating group) is 1. The molecule has 1 aromatic heterocycles. The number of aromatic nitrogens is 2. The molecular formula is C36H42ClF4N3O4S. The van der Waals surface area contributed by atoms with E-state index < -0.39 is 28.7 Å². The SMILES string of the molecule is COc1cc(C2(C)CCCc3nc(SCc4c(F)cc(OCCOCCOCCN(C)C)cc4F)n(-c4ccc(F)cc4)c32)ccc1F.Cl. The van der Waals surface area contributed by atoms with Crippen molar-refractivity contribution in [3.8, 4) is 17.2 Å². The Kier molecular flexibility index (Phi) is 13.8. The molecule has 266 valence electrons. The van der Waals surface area contributed by atoms with Crippen LogP contribution in [0.4, 0.5) is 17.6 Å². The molecule has 0 fully saturated rings. The van der Waals surface area contributed by atoms with Gasteiger partial charge in [0.15, 0.2) is 16.7 Å². The van der Waals surface area contributed by atoms with Gasteiger partial charge in [-0.15, -0.1) is 12.4 Å². The average Bonchev–Trinajstić information content (AvgIpc) is 3.44. The number of methoxy groups -OCH3 is 1. The first kappa shape index (κ1) is 38.5. The molecule has 0 saturated heterocycles. The molecular weight excluding hydrogens is 682 g/mol. The van der Waals surface area contributed by atoms with E-state index in [1.165, 1.54) is 49.2 Å². The molecule has 0 spiro atoms. The number of hydrogen-bond acceptors (Lipinski definition) is 7. The Bertz CT molecular complexity index is 1670. The second kappa shape index (κ2) is 17.6. The highest BCUT2D eigenvalue weighted by molar-refractivity contribution is 7.98. The summed E-state index contributed by atoms with van der Waals surface area (Å²) in [6.07, 6.45) is 2.26. The molecule has 3 aromatic carbocycles. The topological polar surface area (TPSA) is 58.0 Å². The minimum Gasteiger partial charge on any atom is -0.494 e. The van der Waals surface area contributed by atoms with Crippen molar-refractivity contribution in [2.75, 3.05) is 60.8 Å². The third kappa shape index (κ3) is 9.29. The maximum atomic E-state index is 15.3. The maximum absolute atomic E-state index is 15.3. The molecule has 49 heavy (non-hydrogen) atoms. The Labute approximate surface area is 295 Å². The van der Waals surface area contributed by atoms with E-state index in [9.17, 15) is 8.78 Å². The number of aryl methyl sites for hydroxylation is 1. The second-order valence-electron chi connectivity index (χ2n) is 12.1. The minimum absolute atomic E-state index is 0. The van der Waals surface area contributed by atoms with Crippen LogP contribution in [0.2, 0.25) is 0 Å². The van der Waals surface area contributed by atoms with Gasteiger partial charge in [-0.2, -0.15) is 0 Å². The van der Waals surface area contributed by atoms with Gasteiger partial charge in [0.1, 0.15) is 29.8 Å². The average molecular weight is 724 g/mol. The van der Waals surface area contributed by atoms with Gasteiger partial charge < -0.3 is 23.8 Å². The highest BCUT2D eigenvalue weighted by atomic mass is 35.5. The number of nitrogens with zero attached hydrogens (tertiary/aromatic N) is 3. The van der Waals surface area contributed by atoms with Gasteiger partial charge in [0, 0.05) is 41.1 Å². The summed E-state index contributed by atoms with van der Waals surface area (Å²) in [5.74, 6) is -2.17. The molecule has 1 atom stereocenters. The van der Waals surface area contributed by atoms with Crippen molar-refractivity contribution in [3.63, 3.8) is 0 Å². The Balaban J connectivity index is 0.00000541. The summed E-state index contributed by atoms with van der Waals surface area (Å²) in [6.45, 7) is 4.72. The van der Waals surface area contributed by atoms with Crippen LogP contribution < -0.4 is 9.47 Å². The molecule has 0 saturated carbocycles. The lowest BCUT2D eigenvalue weighted by molar-refractivity contribution is 0.0324. The minimum atomic E-state index is -0.736. The van der Waals surface area contributed by atoms with Crippen molar-refractivity contribution in [1.29, 1.82) is 0 Å². The summed E-state index contributed by atoms with van der Waals surface area (Å²) in [6, 6.07) is 13.2. The third-order valence-corrected chi connectivity index (χ3v) is 9.38. The Morgan fingerprint density at radius 1 is 0.878 bits per heavy atom. The van der Waals surface area contributed by atoms with Crippen molar-refractivity contribution < 1.29 is 36.5 Å². The molecule has 0 radical (unpaired) electrons. The molecule has 0 amide bonds. The lowest BCUT2D eigenvalue weighted by Gasteiger charge is -2.36. The number of fused-ring (bicyclic) bond motifs is 1. The van der Waals surface area contributed by atoms with Gasteiger partial charge in [-0.25, -0.2) is 22.5 Å². The first-order valence-corrected chi connectivity index (χ1v) is 16.8. The summed E-state index contributed by atoms with van der Waals surface area (Å²) in [4.78, 5) is 6.97. The summed E-state index contributed by atoms with van der Waals surface area (Å²) in [5, 5.41) is 0.510. The van der Waals surface area contributed by atoms with Crippen LogP contribution in [0.3, 0.4) is 0 Å². The first-order chi connectivity index (χ1) is 23.1. The van der Waals surface area contributed by atoms with E-state index in [2.05, 4.69) is 6.92 Å². The van der Waals surface area contributed by atoms with Gasteiger partial charge in [-0.1, -0.05) is 17.8 Å². The fraction of sp³-hybridized carbons (Fsp3) is 0.417. The molecule has 1 aliphatic rings. The molecule has 1 aliphatic carbocycles. The van der Waals surface area contributed by atoms with Crippen LogP contribution >= 0.6 is 24.2 Å². The number of hydrogen-bond donors (Lipinski definition) is 0. The summed E-state index contributed by atoms with van der Waals surface area (Å²) in [5.41, 5.74) is 2.47. The van der Waals surface area contributed by atoms with E-state index in [0.29, 0.717) is 37.1 Å². The fourth-order valence-corrected chi connectivity index (χ4v) is 6.90. The lowest BCUT2D eigenvalue weighted by Crippen LogP contribution is -2.31. The van der Waals surface area contributed by atoms with Crippen LogP contribution in [0.25, 0.3) is 5.69 Å². The van der Waals surface area contributed by atoms with Crippen molar-refractivity contribution in [3.05, 3.63) is 100 Å². The smallest absolute Gasteiger partial charge is 0.173 e. The van der Waals surface area contributed by atoms with Gasteiger partial charge in [0.2, 0.25) is 0 Å². The summed E-state index contributed by atoms with van der Waals surface area (Å²) >= 11 is 1.18. The van der Waals surface area contributed by atoms with Gasteiger partial charge in [-0.05, 0) is 82.2 Å². The molecule has 4 aromatic rings. The predicted molar refractivity (Wildman–Crippen MR) is 185 cm³/mol. The van der Waals surface area contributed by atoms with Crippen LogP contribution in [0, 0.1) is 23.3 Å². The highest BCUT2D eigenvalue weighted by Gasteiger charge is 2.40. The van der Waals surface area contributed by atoms with Crippen molar-refractivity contribution in [1.82, 2.24) is 14.5 Å². The van der Waals surface area contributed by atoms with Crippen molar-refractivity contribution in [2.45, 2.75) is 42.5 Å². The third-order valence-electron chi connectivity index (χ3n) is 8.42. The number of ether oxygens (including phenoxy) is 4. The zero-order chi connectivity index (χ0) is 34.3. The van der Waals surface area contributed by atoms with Crippen molar-refractivity contribution in [2.24, 2.45) is 0 Å². The highest BCUT2D eigenvalue weighted by Crippen LogP contribution is 2.46. The van der Waals surface area contributed by atoms with E-state index in [-0.39, 0.29) is 48.4 Å². The van der Waals surface area contributed by atoms with E-state index in [4.69, 9.17) is 23.9 Å². The van der Waals surface area contributed by atoms with Crippen LogP contribution in [0.1, 0.15) is 42.3 Å².